The molecule has 2 aromatic carbocycles. The maximum absolute atomic E-state index is 14.3. The van der Waals surface area contributed by atoms with Crippen molar-refractivity contribution < 1.29 is 14.3 Å². The van der Waals surface area contributed by atoms with Gasteiger partial charge in [-0.1, -0.05) is 51.1 Å². The second kappa shape index (κ2) is 11.9. The zero-order chi connectivity index (χ0) is 31.1. The van der Waals surface area contributed by atoms with Gasteiger partial charge in [-0.25, -0.2) is 15.0 Å². The van der Waals surface area contributed by atoms with Crippen molar-refractivity contribution in [3.05, 3.63) is 72.4 Å². The Balaban J connectivity index is 1.22. The van der Waals surface area contributed by atoms with Gasteiger partial charge in [-0.05, 0) is 36.6 Å². The average molecular weight is 608 g/mol. The van der Waals surface area contributed by atoms with Crippen LogP contribution in [0, 0.1) is 5.92 Å². The first-order valence-corrected chi connectivity index (χ1v) is 15.8. The molecule has 0 saturated carbocycles. The molecule has 0 spiro atoms. The predicted octanol–water partition coefficient (Wildman–Crippen LogP) is 5.20. The summed E-state index contributed by atoms with van der Waals surface area (Å²) >= 11 is 0. The number of methoxy groups -OCH3 is 1. The van der Waals surface area contributed by atoms with Crippen molar-refractivity contribution in [2.45, 2.75) is 45.2 Å². The fraction of sp³-hybridized carbons (Fsp3) is 0.429. The highest BCUT2D eigenvalue weighted by Gasteiger charge is 2.36. The van der Waals surface area contributed by atoms with Gasteiger partial charge >= 0.3 is 0 Å². The van der Waals surface area contributed by atoms with E-state index in [1.54, 1.807) is 7.11 Å². The molecule has 2 aliphatic heterocycles. The van der Waals surface area contributed by atoms with Crippen LogP contribution in [0.5, 0.6) is 5.88 Å². The fourth-order valence-corrected chi connectivity index (χ4v) is 6.75. The van der Waals surface area contributed by atoms with E-state index >= 15 is 0 Å². The van der Waals surface area contributed by atoms with Crippen LogP contribution in [0.4, 0.5) is 0 Å². The Kier molecular flexibility index (Phi) is 7.79. The highest BCUT2D eigenvalue weighted by atomic mass is 16.5. The van der Waals surface area contributed by atoms with Gasteiger partial charge in [0.05, 0.1) is 47.7 Å². The van der Waals surface area contributed by atoms with Gasteiger partial charge < -0.3 is 23.9 Å². The lowest BCUT2D eigenvalue weighted by atomic mass is 9.95. The molecule has 2 fully saturated rings. The molecule has 5 heterocycles. The number of hydrogen-bond donors (Lipinski definition) is 1. The lowest BCUT2D eigenvalue weighted by Gasteiger charge is -2.41. The predicted molar refractivity (Wildman–Crippen MR) is 174 cm³/mol. The molecule has 2 saturated heterocycles. The quantitative estimate of drug-likeness (QED) is 0.271. The van der Waals surface area contributed by atoms with Crippen LogP contribution in [0.2, 0.25) is 0 Å². The van der Waals surface area contributed by atoms with Crippen LogP contribution in [0.15, 0.2) is 60.8 Å². The molecule has 10 nitrogen and oxygen atoms in total. The molecule has 10 heteroatoms. The second-order valence-corrected chi connectivity index (χ2v) is 13.3. The maximum atomic E-state index is 14.3. The van der Waals surface area contributed by atoms with E-state index in [0.717, 1.165) is 77.6 Å². The van der Waals surface area contributed by atoms with Gasteiger partial charge in [0.1, 0.15) is 24.2 Å². The van der Waals surface area contributed by atoms with E-state index in [0.29, 0.717) is 24.9 Å². The second-order valence-electron chi connectivity index (χ2n) is 13.3. The molecular weight excluding hydrogens is 566 g/mol. The first-order valence-electron chi connectivity index (χ1n) is 15.8. The minimum atomic E-state index is -0.241. The number of carbonyl (C=O) groups excluding carboxylic acids is 1. The van der Waals surface area contributed by atoms with Gasteiger partial charge in [-0.2, -0.15) is 0 Å². The number of imidazole rings is 2. The Hall–Kier alpha value is -4.28. The molecule has 0 aliphatic carbocycles. The highest BCUT2D eigenvalue weighted by Crippen LogP contribution is 2.34. The molecule has 5 aromatic rings. The van der Waals surface area contributed by atoms with E-state index in [9.17, 15) is 4.79 Å². The van der Waals surface area contributed by atoms with E-state index in [4.69, 9.17) is 24.4 Å². The summed E-state index contributed by atoms with van der Waals surface area (Å²) in [6, 6.07) is 17.9. The Morgan fingerprint density at radius 3 is 2.64 bits per heavy atom. The summed E-state index contributed by atoms with van der Waals surface area (Å²) in [6.45, 7) is 11.3. The third-order valence-electron chi connectivity index (χ3n) is 9.03. The number of benzene rings is 2. The van der Waals surface area contributed by atoms with Gasteiger partial charge in [-0.15, -0.1) is 0 Å². The van der Waals surface area contributed by atoms with Crippen LogP contribution in [-0.2, 0) is 21.5 Å². The Morgan fingerprint density at radius 1 is 1.07 bits per heavy atom. The van der Waals surface area contributed by atoms with Crippen molar-refractivity contribution in [2.75, 3.05) is 46.5 Å². The van der Waals surface area contributed by atoms with Gasteiger partial charge in [0.2, 0.25) is 11.8 Å². The molecule has 1 amide bonds. The summed E-state index contributed by atoms with van der Waals surface area (Å²) in [5.41, 5.74) is 4.18. The number of nitrogens with zero attached hydrogens (tertiary/aromatic N) is 6. The normalized spacial score (nSPS) is 19.5. The number of ether oxygens (including phenoxy) is 2. The largest absolute Gasteiger partial charge is 0.480 e. The van der Waals surface area contributed by atoms with Crippen LogP contribution in [0.3, 0.4) is 0 Å². The van der Waals surface area contributed by atoms with Crippen LogP contribution < -0.4 is 4.74 Å². The lowest BCUT2D eigenvalue weighted by Crippen LogP contribution is -2.52. The third kappa shape index (κ3) is 5.80. The molecule has 3 aromatic heterocycles. The number of fused-ring (bicyclic) bond motifs is 2. The lowest BCUT2D eigenvalue weighted by molar-refractivity contribution is -0.137. The Labute approximate surface area is 263 Å². The molecule has 1 unspecified atom stereocenters. The van der Waals surface area contributed by atoms with E-state index in [-0.39, 0.29) is 23.9 Å². The van der Waals surface area contributed by atoms with Gasteiger partial charge in [0.25, 0.3) is 0 Å². The molecule has 7 rings (SSSR count). The Bertz CT molecular complexity index is 1830. The van der Waals surface area contributed by atoms with E-state index in [2.05, 4.69) is 41.3 Å². The SMILES string of the molecule is COc1nc2ccccc2cc1-c1cnc([C@@H]2CN(CC3CCOC3)CCN2C(=O)Cn2c(C(C)(C)C)nc3ccccc32)[nH]1. The van der Waals surface area contributed by atoms with Crippen molar-refractivity contribution in [2.24, 2.45) is 5.92 Å². The monoisotopic (exact) mass is 607 g/mol. The highest BCUT2D eigenvalue weighted by molar-refractivity contribution is 5.85. The van der Waals surface area contributed by atoms with Crippen molar-refractivity contribution in [1.29, 1.82) is 0 Å². The number of aromatic nitrogens is 5. The van der Waals surface area contributed by atoms with Crippen molar-refractivity contribution in [3.63, 3.8) is 0 Å². The van der Waals surface area contributed by atoms with Crippen LogP contribution in [0.1, 0.15) is 44.9 Å². The molecule has 2 atom stereocenters. The number of nitrogens with one attached hydrogen (secondary N) is 1. The average Bonchev–Trinajstić information content (AvgIpc) is 3.81. The molecule has 1 N–H and O–H groups in total. The number of carbonyl (C=O) groups is 1. The summed E-state index contributed by atoms with van der Waals surface area (Å²) in [5, 5.41) is 1.02. The molecule has 2 aliphatic rings. The van der Waals surface area contributed by atoms with Crippen LogP contribution in [-0.4, -0.2) is 86.7 Å². The fourth-order valence-electron chi connectivity index (χ4n) is 6.75. The van der Waals surface area contributed by atoms with E-state index in [1.165, 1.54) is 0 Å². The first kappa shape index (κ1) is 29.4. The number of amides is 1. The topological polar surface area (TPSA) is 101 Å². The van der Waals surface area contributed by atoms with Crippen LogP contribution in [0.25, 0.3) is 33.2 Å². The van der Waals surface area contributed by atoms with E-state index in [1.807, 2.05) is 59.6 Å². The number of pyridine rings is 1. The zero-order valence-electron chi connectivity index (χ0n) is 26.5. The minimum absolute atomic E-state index is 0.0559. The molecule has 45 heavy (non-hydrogen) atoms. The summed E-state index contributed by atoms with van der Waals surface area (Å²) in [6.07, 6.45) is 2.91. The third-order valence-corrected chi connectivity index (χ3v) is 9.03. The number of rotatable bonds is 7. The number of H-pyrrole nitrogens is 1. The van der Waals surface area contributed by atoms with Crippen LogP contribution >= 0.6 is 0 Å². The molecule has 0 bridgehead atoms. The minimum Gasteiger partial charge on any atom is -0.480 e. The maximum Gasteiger partial charge on any atom is 0.243 e. The van der Waals surface area contributed by atoms with Crippen molar-refractivity contribution in [3.8, 4) is 17.1 Å². The zero-order valence-corrected chi connectivity index (χ0v) is 26.5. The first-order chi connectivity index (χ1) is 21.8. The van der Waals surface area contributed by atoms with E-state index < -0.39 is 0 Å². The number of para-hydroxylation sites is 3. The van der Waals surface area contributed by atoms with Crippen molar-refractivity contribution in [1.82, 2.24) is 34.3 Å². The number of hydrogen-bond acceptors (Lipinski definition) is 7. The molecular formula is C35H41N7O3. The number of aromatic amines is 1. The van der Waals surface area contributed by atoms with Gasteiger partial charge in [0.15, 0.2) is 0 Å². The Morgan fingerprint density at radius 2 is 1.87 bits per heavy atom. The smallest absolute Gasteiger partial charge is 0.243 e. The standard InChI is InChI=1S/C35H41N7O3/c1-35(2,3)34-39-27-11-7-8-12-29(27)42(34)21-31(43)41-15-14-40(19-23-13-16-45-22-23)20-30(41)32-36-18-28(37-32)25-17-24-9-5-6-10-26(24)38-33(25)44-4/h5-12,17-18,23,30H,13-16,19-22H2,1-4H3,(H,36,37)/t23?,30-/m0/s1. The number of piperazine rings is 1. The van der Waals surface area contributed by atoms with Gasteiger partial charge in [-0.3, -0.25) is 9.69 Å². The van der Waals surface area contributed by atoms with Crippen molar-refractivity contribution >= 4 is 27.8 Å². The molecule has 0 radical (unpaired) electrons. The van der Waals surface area contributed by atoms with Gasteiger partial charge in [0, 0.05) is 43.6 Å². The molecule has 234 valence electrons. The summed E-state index contributed by atoms with van der Waals surface area (Å²) in [7, 11) is 1.63. The summed E-state index contributed by atoms with van der Waals surface area (Å²) in [5.74, 6) is 2.77. The summed E-state index contributed by atoms with van der Waals surface area (Å²) in [4.78, 5) is 36.9. The summed E-state index contributed by atoms with van der Waals surface area (Å²) < 4.78 is 13.5.